The van der Waals surface area contributed by atoms with Gasteiger partial charge in [0.05, 0.1) is 6.10 Å². The molecular weight excluding hydrogens is 241 g/mol. The Labute approximate surface area is 103 Å². The third kappa shape index (κ3) is 2.71. The number of aliphatic hydroxyl groups excluding tert-OH is 1. The third-order valence-electron chi connectivity index (χ3n) is 2.69. The summed E-state index contributed by atoms with van der Waals surface area (Å²) in [6, 6.07) is 8.71. The molecule has 2 aromatic rings. The molecule has 0 aromatic heterocycles. The predicted molar refractivity (Wildman–Crippen MR) is 61.4 cm³/mol. The van der Waals surface area contributed by atoms with Crippen molar-refractivity contribution in [3.8, 4) is 0 Å². The van der Waals surface area contributed by atoms with E-state index in [0.29, 0.717) is 0 Å². The maximum absolute atomic E-state index is 13.4. The highest BCUT2D eigenvalue weighted by molar-refractivity contribution is 5.25. The molecule has 2 aromatic carbocycles. The largest absolute Gasteiger partial charge is 0.388 e. The van der Waals surface area contributed by atoms with E-state index in [-0.39, 0.29) is 17.5 Å². The van der Waals surface area contributed by atoms with Crippen molar-refractivity contribution in [3.63, 3.8) is 0 Å². The molecule has 0 bridgehead atoms. The van der Waals surface area contributed by atoms with Gasteiger partial charge in [0.15, 0.2) is 0 Å². The van der Waals surface area contributed by atoms with Gasteiger partial charge in [0.2, 0.25) is 0 Å². The smallest absolute Gasteiger partial charge is 0.129 e. The molecule has 0 fully saturated rings. The zero-order chi connectivity index (χ0) is 13.1. The Hall–Kier alpha value is -1.81. The second kappa shape index (κ2) is 5.23. The van der Waals surface area contributed by atoms with Gasteiger partial charge in [0, 0.05) is 12.0 Å². The zero-order valence-electron chi connectivity index (χ0n) is 9.41. The highest BCUT2D eigenvalue weighted by atomic mass is 19.1. The van der Waals surface area contributed by atoms with E-state index in [2.05, 4.69) is 0 Å². The summed E-state index contributed by atoms with van der Waals surface area (Å²) in [4.78, 5) is 0. The van der Waals surface area contributed by atoms with Crippen LogP contribution in [0.3, 0.4) is 0 Å². The first-order chi connectivity index (χ1) is 8.58. The molecule has 1 unspecified atom stereocenters. The van der Waals surface area contributed by atoms with Crippen LogP contribution >= 0.6 is 0 Å². The fourth-order valence-corrected chi connectivity index (χ4v) is 1.75. The molecule has 0 aliphatic heterocycles. The number of benzene rings is 2. The maximum Gasteiger partial charge on any atom is 0.129 e. The van der Waals surface area contributed by atoms with Gasteiger partial charge < -0.3 is 5.11 Å². The van der Waals surface area contributed by atoms with Gasteiger partial charge in [-0.2, -0.15) is 0 Å². The highest BCUT2D eigenvalue weighted by Crippen LogP contribution is 2.23. The van der Waals surface area contributed by atoms with Crippen molar-refractivity contribution >= 4 is 0 Å². The van der Waals surface area contributed by atoms with Crippen LogP contribution in [0.5, 0.6) is 0 Å². The van der Waals surface area contributed by atoms with Crippen LogP contribution in [0.25, 0.3) is 0 Å². The molecule has 1 atom stereocenters. The van der Waals surface area contributed by atoms with E-state index in [0.717, 1.165) is 18.2 Å². The molecule has 18 heavy (non-hydrogen) atoms. The molecule has 94 valence electrons. The second-order valence-corrected chi connectivity index (χ2v) is 3.98. The third-order valence-corrected chi connectivity index (χ3v) is 2.69. The number of rotatable bonds is 3. The normalized spacial score (nSPS) is 12.4. The molecular formula is C14H11F3O. The van der Waals surface area contributed by atoms with Crippen molar-refractivity contribution in [2.24, 2.45) is 0 Å². The first-order valence-corrected chi connectivity index (χ1v) is 5.44. The topological polar surface area (TPSA) is 20.2 Å². The molecule has 0 saturated heterocycles. The summed E-state index contributed by atoms with van der Waals surface area (Å²) in [6.07, 6.45) is -1.38. The van der Waals surface area contributed by atoms with E-state index < -0.39 is 23.6 Å². The lowest BCUT2D eigenvalue weighted by Crippen LogP contribution is -2.06. The summed E-state index contributed by atoms with van der Waals surface area (Å²) in [5, 5.41) is 9.83. The molecule has 4 heteroatoms. The predicted octanol–water partition coefficient (Wildman–Crippen LogP) is 3.38. The SMILES string of the molecule is OC(Cc1ccccc1F)c1cc(F)ccc1F. The standard InChI is InChI=1S/C14H11F3O/c15-10-5-6-13(17)11(8-10)14(18)7-9-3-1-2-4-12(9)16/h1-6,8,14,18H,7H2. The van der Waals surface area contributed by atoms with Gasteiger partial charge in [-0.05, 0) is 29.8 Å². The van der Waals surface area contributed by atoms with Gasteiger partial charge in [-0.3, -0.25) is 0 Å². The molecule has 0 spiro atoms. The van der Waals surface area contributed by atoms with E-state index in [9.17, 15) is 18.3 Å². The van der Waals surface area contributed by atoms with Crippen molar-refractivity contribution in [2.45, 2.75) is 12.5 Å². The number of hydrogen-bond acceptors (Lipinski definition) is 1. The van der Waals surface area contributed by atoms with E-state index in [1.807, 2.05) is 0 Å². The number of aliphatic hydroxyl groups is 1. The molecule has 0 aliphatic rings. The monoisotopic (exact) mass is 252 g/mol. The van der Waals surface area contributed by atoms with Crippen LogP contribution < -0.4 is 0 Å². The van der Waals surface area contributed by atoms with Crippen LogP contribution in [0.4, 0.5) is 13.2 Å². The molecule has 0 amide bonds. The van der Waals surface area contributed by atoms with Crippen molar-refractivity contribution in [1.29, 1.82) is 0 Å². The van der Waals surface area contributed by atoms with Crippen molar-refractivity contribution in [2.75, 3.05) is 0 Å². The van der Waals surface area contributed by atoms with Crippen LogP contribution in [-0.4, -0.2) is 5.11 Å². The Morgan fingerprint density at radius 3 is 2.39 bits per heavy atom. The fraction of sp³-hybridized carbons (Fsp3) is 0.143. The lowest BCUT2D eigenvalue weighted by molar-refractivity contribution is 0.172. The maximum atomic E-state index is 13.4. The average molecular weight is 252 g/mol. The Kier molecular flexibility index (Phi) is 3.67. The molecule has 2 rings (SSSR count). The van der Waals surface area contributed by atoms with Gasteiger partial charge in [-0.15, -0.1) is 0 Å². The Bertz CT molecular complexity index is 554. The number of halogens is 3. The van der Waals surface area contributed by atoms with Crippen LogP contribution in [0.15, 0.2) is 42.5 Å². The van der Waals surface area contributed by atoms with Crippen molar-refractivity contribution in [1.82, 2.24) is 0 Å². The van der Waals surface area contributed by atoms with Crippen LogP contribution in [0.1, 0.15) is 17.2 Å². The van der Waals surface area contributed by atoms with Gasteiger partial charge in [-0.25, -0.2) is 13.2 Å². The second-order valence-electron chi connectivity index (χ2n) is 3.98. The summed E-state index contributed by atoms with van der Waals surface area (Å²) in [6.45, 7) is 0. The summed E-state index contributed by atoms with van der Waals surface area (Å²) in [5.74, 6) is -1.83. The fourth-order valence-electron chi connectivity index (χ4n) is 1.75. The van der Waals surface area contributed by atoms with Crippen molar-refractivity contribution in [3.05, 3.63) is 71.0 Å². The first-order valence-electron chi connectivity index (χ1n) is 5.44. The summed E-state index contributed by atoms with van der Waals surface area (Å²) >= 11 is 0. The minimum absolute atomic E-state index is 0.104. The van der Waals surface area contributed by atoms with Gasteiger partial charge in [0.1, 0.15) is 17.5 Å². The molecule has 0 heterocycles. The van der Waals surface area contributed by atoms with Gasteiger partial charge in [-0.1, -0.05) is 18.2 Å². The van der Waals surface area contributed by atoms with Crippen LogP contribution in [0.2, 0.25) is 0 Å². The van der Waals surface area contributed by atoms with E-state index >= 15 is 0 Å². The van der Waals surface area contributed by atoms with E-state index in [1.165, 1.54) is 18.2 Å². The molecule has 1 nitrogen and oxygen atoms in total. The molecule has 0 saturated carbocycles. The summed E-state index contributed by atoms with van der Waals surface area (Å²) in [7, 11) is 0. The zero-order valence-corrected chi connectivity index (χ0v) is 9.41. The van der Waals surface area contributed by atoms with Crippen molar-refractivity contribution < 1.29 is 18.3 Å². The van der Waals surface area contributed by atoms with Gasteiger partial charge in [0.25, 0.3) is 0 Å². The van der Waals surface area contributed by atoms with Crippen LogP contribution in [-0.2, 0) is 6.42 Å². The Balaban J connectivity index is 2.25. The van der Waals surface area contributed by atoms with Crippen LogP contribution in [0, 0.1) is 17.5 Å². The molecule has 0 aliphatic carbocycles. The Morgan fingerprint density at radius 2 is 1.67 bits per heavy atom. The average Bonchev–Trinajstić information content (AvgIpc) is 2.35. The number of hydrogen-bond donors (Lipinski definition) is 1. The molecule has 1 N–H and O–H groups in total. The quantitative estimate of drug-likeness (QED) is 0.887. The summed E-state index contributed by atoms with van der Waals surface area (Å²) < 4.78 is 39.7. The lowest BCUT2D eigenvalue weighted by Gasteiger charge is -2.12. The van der Waals surface area contributed by atoms with E-state index in [1.54, 1.807) is 6.07 Å². The van der Waals surface area contributed by atoms with Gasteiger partial charge >= 0.3 is 0 Å². The van der Waals surface area contributed by atoms with E-state index in [4.69, 9.17) is 0 Å². The summed E-state index contributed by atoms with van der Waals surface area (Å²) in [5.41, 5.74) is 0.0897. The molecule has 0 radical (unpaired) electrons. The highest BCUT2D eigenvalue weighted by Gasteiger charge is 2.16. The first kappa shape index (κ1) is 12.6. The minimum Gasteiger partial charge on any atom is -0.388 e. The lowest BCUT2D eigenvalue weighted by atomic mass is 10.0. The Morgan fingerprint density at radius 1 is 0.944 bits per heavy atom. The minimum atomic E-state index is -1.28.